The summed E-state index contributed by atoms with van der Waals surface area (Å²) in [6, 6.07) is 11.6. The first-order chi connectivity index (χ1) is 9.70. The van der Waals surface area contributed by atoms with E-state index < -0.39 is 6.10 Å². The molecule has 0 fully saturated rings. The molecule has 5 nitrogen and oxygen atoms in total. The van der Waals surface area contributed by atoms with E-state index in [0.717, 1.165) is 11.4 Å². The number of anilines is 1. The van der Waals surface area contributed by atoms with Crippen LogP contribution in [-0.4, -0.2) is 48.5 Å². The predicted molar refractivity (Wildman–Crippen MR) is 78.6 cm³/mol. The zero-order chi connectivity index (χ0) is 14.4. The highest BCUT2D eigenvalue weighted by atomic mass is 16.5. The number of nitrogens with zero attached hydrogens (tertiary/aromatic N) is 3. The Bertz CT molecular complexity index is 534. The van der Waals surface area contributed by atoms with Crippen LogP contribution in [0, 0.1) is 0 Å². The summed E-state index contributed by atoms with van der Waals surface area (Å²) < 4.78 is 4.92. The maximum atomic E-state index is 9.76. The van der Waals surface area contributed by atoms with Crippen LogP contribution >= 0.6 is 0 Å². The highest BCUT2D eigenvalue weighted by Gasteiger charge is 2.11. The van der Waals surface area contributed by atoms with Gasteiger partial charge in [0.15, 0.2) is 5.82 Å². The smallest absolute Gasteiger partial charge is 0.161 e. The van der Waals surface area contributed by atoms with E-state index >= 15 is 0 Å². The summed E-state index contributed by atoms with van der Waals surface area (Å²) in [5, 5.41) is 9.76. The molecular weight excluding hydrogens is 254 g/mol. The molecule has 106 valence electrons. The molecule has 2 aromatic rings. The molecule has 20 heavy (non-hydrogen) atoms. The third-order valence-electron chi connectivity index (χ3n) is 2.91. The van der Waals surface area contributed by atoms with Gasteiger partial charge in [-0.2, -0.15) is 0 Å². The first-order valence-electron chi connectivity index (χ1n) is 6.47. The predicted octanol–water partition coefficient (Wildman–Crippen LogP) is 1.59. The van der Waals surface area contributed by atoms with Crippen molar-refractivity contribution in [3.8, 4) is 11.4 Å². The summed E-state index contributed by atoms with van der Waals surface area (Å²) in [4.78, 5) is 10.7. The Hall–Kier alpha value is -1.98. The molecule has 0 saturated heterocycles. The van der Waals surface area contributed by atoms with Crippen LogP contribution in [0.4, 0.5) is 5.82 Å². The maximum absolute atomic E-state index is 9.76. The van der Waals surface area contributed by atoms with E-state index in [1.807, 2.05) is 48.3 Å². The molecule has 1 aromatic heterocycles. The van der Waals surface area contributed by atoms with Gasteiger partial charge in [0, 0.05) is 32.5 Å². The van der Waals surface area contributed by atoms with Gasteiger partial charge in [-0.05, 0) is 6.07 Å². The minimum atomic E-state index is -0.542. The molecule has 0 aliphatic heterocycles. The summed E-state index contributed by atoms with van der Waals surface area (Å²) >= 11 is 0. The zero-order valence-electron chi connectivity index (χ0n) is 11.7. The fraction of sp³-hybridized carbons (Fsp3) is 0.333. The quantitative estimate of drug-likeness (QED) is 0.866. The van der Waals surface area contributed by atoms with Gasteiger partial charge in [0.25, 0.3) is 0 Å². The Morgan fingerprint density at radius 1 is 1.25 bits per heavy atom. The average molecular weight is 273 g/mol. The lowest BCUT2D eigenvalue weighted by Gasteiger charge is -2.21. The summed E-state index contributed by atoms with van der Waals surface area (Å²) in [7, 11) is 3.46. The Kier molecular flexibility index (Phi) is 5.03. The van der Waals surface area contributed by atoms with Crippen LogP contribution in [-0.2, 0) is 4.74 Å². The van der Waals surface area contributed by atoms with Crippen molar-refractivity contribution in [3.05, 3.63) is 42.6 Å². The number of rotatable bonds is 6. The third kappa shape index (κ3) is 3.76. The molecule has 1 unspecified atom stereocenters. The molecule has 0 aliphatic carbocycles. The number of methoxy groups -OCH3 is 1. The van der Waals surface area contributed by atoms with E-state index in [0.29, 0.717) is 19.0 Å². The number of aromatic nitrogens is 2. The van der Waals surface area contributed by atoms with Gasteiger partial charge >= 0.3 is 0 Å². The van der Waals surface area contributed by atoms with Gasteiger partial charge in [0.05, 0.1) is 12.7 Å². The Balaban J connectivity index is 2.13. The maximum Gasteiger partial charge on any atom is 0.161 e. The molecule has 1 N–H and O–H groups in total. The molecule has 0 aliphatic rings. The van der Waals surface area contributed by atoms with E-state index in [1.165, 1.54) is 0 Å². The normalized spacial score (nSPS) is 12.2. The zero-order valence-corrected chi connectivity index (χ0v) is 11.7. The Morgan fingerprint density at radius 3 is 2.70 bits per heavy atom. The van der Waals surface area contributed by atoms with Gasteiger partial charge in [-0.1, -0.05) is 30.3 Å². The standard InChI is InChI=1S/C15H19N3O2/c1-18(10-13(19)11-20-2)14-8-9-16-15(17-14)12-6-4-3-5-7-12/h3-9,13,19H,10-11H2,1-2H3. The van der Waals surface area contributed by atoms with E-state index in [2.05, 4.69) is 9.97 Å². The lowest BCUT2D eigenvalue weighted by molar-refractivity contribution is 0.0694. The molecule has 0 spiro atoms. The van der Waals surface area contributed by atoms with Crippen LogP contribution in [0.1, 0.15) is 0 Å². The van der Waals surface area contributed by atoms with Crippen molar-refractivity contribution in [3.63, 3.8) is 0 Å². The van der Waals surface area contributed by atoms with Gasteiger partial charge in [0.1, 0.15) is 5.82 Å². The van der Waals surface area contributed by atoms with E-state index in [4.69, 9.17) is 4.74 Å². The molecule has 2 rings (SSSR count). The third-order valence-corrected chi connectivity index (χ3v) is 2.91. The van der Waals surface area contributed by atoms with Gasteiger partial charge in [-0.15, -0.1) is 0 Å². The number of aliphatic hydroxyl groups excluding tert-OH is 1. The van der Waals surface area contributed by atoms with Crippen LogP contribution in [0.5, 0.6) is 0 Å². The van der Waals surface area contributed by atoms with Crippen molar-refractivity contribution in [1.29, 1.82) is 0 Å². The van der Waals surface area contributed by atoms with Gasteiger partial charge < -0.3 is 14.7 Å². The number of hydrogen-bond acceptors (Lipinski definition) is 5. The number of likely N-dealkylation sites (N-methyl/N-ethyl adjacent to an activating group) is 1. The number of benzene rings is 1. The molecular formula is C15H19N3O2. The van der Waals surface area contributed by atoms with Gasteiger partial charge in [-0.25, -0.2) is 9.97 Å². The van der Waals surface area contributed by atoms with E-state index in [-0.39, 0.29) is 0 Å². The minimum absolute atomic E-state index is 0.307. The number of hydrogen-bond donors (Lipinski definition) is 1. The monoisotopic (exact) mass is 273 g/mol. The Labute approximate surface area is 118 Å². The summed E-state index contributed by atoms with van der Waals surface area (Å²) in [5.74, 6) is 1.45. The summed E-state index contributed by atoms with van der Waals surface area (Å²) in [6.07, 6.45) is 1.18. The van der Waals surface area contributed by atoms with Crippen molar-refractivity contribution in [2.24, 2.45) is 0 Å². The van der Waals surface area contributed by atoms with Crippen molar-refractivity contribution < 1.29 is 9.84 Å². The largest absolute Gasteiger partial charge is 0.389 e. The Morgan fingerprint density at radius 2 is 2.00 bits per heavy atom. The minimum Gasteiger partial charge on any atom is -0.389 e. The molecule has 1 aromatic carbocycles. The highest BCUT2D eigenvalue weighted by Crippen LogP contribution is 2.17. The van der Waals surface area contributed by atoms with E-state index in [1.54, 1.807) is 13.3 Å². The lowest BCUT2D eigenvalue weighted by atomic mass is 10.2. The second kappa shape index (κ2) is 6.98. The molecule has 1 atom stereocenters. The van der Waals surface area contributed by atoms with Crippen LogP contribution in [0.25, 0.3) is 11.4 Å². The molecule has 0 saturated carbocycles. The number of ether oxygens (including phenoxy) is 1. The van der Waals surface area contributed by atoms with Crippen molar-refractivity contribution in [1.82, 2.24) is 9.97 Å². The highest BCUT2D eigenvalue weighted by molar-refractivity contribution is 5.56. The first-order valence-corrected chi connectivity index (χ1v) is 6.47. The molecule has 1 heterocycles. The van der Waals surface area contributed by atoms with Crippen LogP contribution in [0.3, 0.4) is 0 Å². The molecule has 5 heteroatoms. The van der Waals surface area contributed by atoms with E-state index in [9.17, 15) is 5.11 Å². The summed E-state index contributed by atoms with van der Waals surface area (Å²) in [6.45, 7) is 0.764. The second-order valence-electron chi connectivity index (χ2n) is 4.59. The van der Waals surface area contributed by atoms with Crippen molar-refractivity contribution in [2.45, 2.75) is 6.10 Å². The second-order valence-corrected chi connectivity index (χ2v) is 4.59. The SMILES string of the molecule is COCC(O)CN(C)c1ccnc(-c2ccccc2)n1. The summed E-state index contributed by atoms with van der Waals surface area (Å²) in [5.41, 5.74) is 0.972. The first kappa shape index (κ1) is 14.4. The fourth-order valence-corrected chi connectivity index (χ4v) is 1.94. The molecule has 0 amide bonds. The van der Waals surface area contributed by atoms with Gasteiger partial charge in [0.2, 0.25) is 0 Å². The van der Waals surface area contributed by atoms with Crippen LogP contribution in [0.2, 0.25) is 0 Å². The molecule has 0 bridgehead atoms. The van der Waals surface area contributed by atoms with Crippen LogP contribution < -0.4 is 4.90 Å². The lowest BCUT2D eigenvalue weighted by Crippen LogP contribution is -2.32. The topological polar surface area (TPSA) is 58.5 Å². The fourth-order valence-electron chi connectivity index (χ4n) is 1.94. The van der Waals surface area contributed by atoms with Gasteiger partial charge in [-0.3, -0.25) is 0 Å². The number of aliphatic hydroxyl groups is 1. The van der Waals surface area contributed by atoms with Crippen molar-refractivity contribution in [2.75, 3.05) is 32.2 Å². The molecule has 0 radical (unpaired) electrons. The average Bonchev–Trinajstić information content (AvgIpc) is 2.48. The van der Waals surface area contributed by atoms with Crippen molar-refractivity contribution >= 4 is 5.82 Å². The van der Waals surface area contributed by atoms with Crippen LogP contribution in [0.15, 0.2) is 42.6 Å².